The molecule has 1 amide bonds. The fraction of sp³-hybridized carbons (Fsp3) is 0.276. The molecule has 0 radical (unpaired) electrons. The van der Waals surface area contributed by atoms with Crippen molar-refractivity contribution in [3.8, 4) is 5.75 Å². The minimum Gasteiger partial charge on any atom is -0.494 e. The molecule has 5 rings (SSSR count). The first-order valence-corrected chi connectivity index (χ1v) is 12.0. The Morgan fingerprint density at radius 3 is 2.60 bits per heavy atom. The predicted octanol–water partition coefficient (Wildman–Crippen LogP) is 6.12. The van der Waals surface area contributed by atoms with Crippen LogP contribution in [0.4, 0.5) is 5.82 Å². The maximum Gasteiger partial charge on any atom is 0.296 e. The molecule has 0 fully saturated rings. The van der Waals surface area contributed by atoms with Crippen LogP contribution in [0.2, 0.25) is 0 Å². The van der Waals surface area contributed by atoms with Crippen molar-refractivity contribution >= 4 is 22.7 Å². The van der Waals surface area contributed by atoms with E-state index in [0.717, 1.165) is 36.0 Å². The van der Waals surface area contributed by atoms with E-state index in [0.29, 0.717) is 34.7 Å². The topological polar surface area (TPSA) is 72.6 Å². The highest BCUT2D eigenvalue weighted by Crippen LogP contribution is 2.41. The van der Waals surface area contributed by atoms with Crippen LogP contribution >= 0.6 is 0 Å². The van der Waals surface area contributed by atoms with Gasteiger partial charge in [-0.05, 0) is 73.4 Å². The number of carbonyl (C=O) groups is 1. The molecular weight excluding hydrogens is 440 g/mol. The molecule has 3 heterocycles. The Balaban J connectivity index is 1.68. The van der Waals surface area contributed by atoms with Gasteiger partial charge in [0.1, 0.15) is 17.2 Å². The summed E-state index contributed by atoms with van der Waals surface area (Å²) in [6, 6.07) is 16.0. The number of amides is 1. The number of hydrogen-bond donors (Lipinski definition) is 0. The SMILES string of the molecule is CCCCCOc1cccc(C2c3c(oc4cc(C)c(C)cc4c3=O)C(=O)N2c2ccccn2)c1. The van der Waals surface area contributed by atoms with Crippen LogP contribution in [0.15, 0.2) is 70.0 Å². The lowest BCUT2D eigenvalue weighted by Crippen LogP contribution is -2.30. The summed E-state index contributed by atoms with van der Waals surface area (Å²) in [6.45, 7) is 6.69. The standard InChI is InChI=1S/C29H28N2O4/c1-4-5-8-14-34-21-11-9-10-20(17-21)26-25-27(32)22-15-18(2)19(3)16-23(22)35-28(25)29(33)31(26)24-12-6-7-13-30-24/h6-7,9-13,15-17,26H,4-5,8,14H2,1-3H3. The van der Waals surface area contributed by atoms with Crippen LogP contribution in [0, 0.1) is 13.8 Å². The first-order valence-electron chi connectivity index (χ1n) is 12.0. The molecule has 1 unspecified atom stereocenters. The Bertz CT molecular complexity index is 1460. The monoisotopic (exact) mass is 468 g/mol. The van der Waals surface area contributed by atoms with Crippen LogP contribution in [0.3, 0.4) is 0 Å². The molecule has 2 aromatic carbocycles. The molecule has 0 saturated carbocycles. The lowest BCUT2D eigenvalue weighted by molar-refractivity contribution is 0.0970. The molecule has 0 bridgehead atoms. The van der Waals surface area contributed by atoms with E-state index in [1.165, 1.54) is 0 Å². The summed E-state index contributed by atoms with van der Waals surface area (Å²) >= 11 is 0. The molecule has 0 saturated heterocycles. The number of anilines is 1. The summed E-state index contributed by atoms with van der Waals surface area (Å²) in [5, 5.41) is 0.472. The number of aryl methyl sites for hydroxylation is 2. The summed E-state index contributed by atoms with van der Waals surface area (Å²) in [5.41, 5.74) is 3.31. The van der Waals surface area contributed by atoms with E-state index < -0.39 is 6.04 Å². The van der Waals surface area contributed by atoms with Crippen molar-refractivity contribution in [2.45, 2.75) is 46.1 Å². The molecule has 0 aliphatic carbocycles. The summed E-state index contributed by atoms with van der Waals surface area (Å²) in [5.74, 6) is 0.849. The number of benzene rings is 2. The molecular formula is C29H28N2O4. The minimum atomic E-state index is -0.672. The average molecular weight is 469 g/mol. The Morgan fingerprint density at radius 1 is 1.00 bits per heavy atom. The lowest BCUT2D eigenvalue weighted by Gasteiger charge is -2.24. The third-order valence-electron chi connectivity index (χ3n) is 6.57. The van der Waals surface area contributed by atoms with Gasteiger partial charge in [-0.15, -0.1) is 0 Å². The molecule has 6 nitrogen and oxygen atoms in total. The molecule has 0 spiro atoms. The molecule has 0 N–H and O–H groups in total. The zero-order valence-corrected chi connectivity index (χ0v) is 20.2. The van der Waals surface area contributed by atoms with Crippen LogP contribution in [-0.2, 0) is 0 Å². The van der Waals surface area contributed by atoms with E-state index in [-0.39, 0.29) is 17.1 Å². The highest BCUT2D eigenvalue weighted by molar-refractivity contribution is 6.10. The number of hydrogen-bond acceptors (Lipinski definition) is 5. The van der Waals surface area contributed by atoms with E-state index in [1.54, 1.807) is 23.2 Å². The van der Waals surface area contributed by atoms with Crippen LogP contribution in [0.5, 0.6) is 5.75 Å². The average Bonchev–Trinajstić information content (AvgIpc) is 3.16. The maximum absolute atomic E-state index is 13.8. The molecule has 1 atom stereocenters. The number of fused-ring (bicyclic) bond motifs is 2. The van der Waals surface area contributed by atoms with Gasteiger partial charge in [-0.1, -0.05) is 38.0 Å². The van der Waals surface area contributed by atoms with Gasteiger partial charge in [0.2, 0.25) is 5.76 Å². The first-order chi connectivity index (χ1) is 17.0. The molecule has 1 aliphatic rings. The van der Waals surface area contributed by atoms with Crippen LogP contribution in [-0.4, -0.2) is 17.5 Å². The quantitative estimate of drug-likeness (QED) is 0.305. The zero-order valence-electron chi connectivity index (χ0n) is 20.2. The van der Waals surface area contributed by atoms with Gasteiger partial charge in [-0.3, -0.25) is 14.5 Å². The van der Waals surface area contributed by atoms with Gasteiger partial charge in [0.05, 0.1) is 23.6 Å². The Hall–Kier alpha value is -3.93. The number of pyridine rings is 1. The second-order valence-corrected chi connectivity index (χ2v) is 9.00. The van der Waals surface area contributed by atoms with E-state index in [9.17, 15) is 9.59 Å². The predicted molar refractivity (Wildman–Crippen MR) is 136 cm³/mol. The molecule has 178 valence electrons. The van der Waals surface area contributed by atoms with E-state index >= 15 is 0 Å². The van der Waals surface area contributed by atoms with E-state index in [1.807, 2.05) is 56.3 Å². The van der Waals surface area contributed by atoms with Crippen LogP contribution in [0.1, 0.15) is 65.0 Å². The van der Waals surface area contributed by atoms with Crippen LogP contribution in [0.25, 0.3) is 11.0 Å². The van der Waals surface area contributed by atoms with Gasteiger partial charge in [0, 0.05) is 6.20 Å². The van der Waals surface area contributed by atoms with Crippen molar-refractivity contribution in [2.24, 2.45) is 0 Å². The first kappa shape index (κ1) is 22.8. The Morgan fingerprint density at radius 2 is 1.83 bits per heavy atom. The Kier molecular flexibility index (Phi) is 6.12. The van der Waals surface area contributed by atoms with Crippen molar-refractivity contribution in [3.05, 3.63) is 99.0 Å². The fourth-order valence-electron chi connectivity index (χ4n) is 4.59. The smallest absolute Gasteiger partial charge is 0.296 e. The maximum atomic E-state index is 13.8. The third kappa shape index (κ3) is 4.09. The van der Waals surface area contributed by atoms with Crippen molar-refractivity contribution in [2.75, 3.05) is 11.5 Å². The summed E-state index contributed by atoms with van der Waals surface area (Å²) in [6.07, 6.45) is 4.82. The minimum absolute atomic E-state index is 0.0654. The lowest BCUT2D eigenvalue weighted by atomic mass is 9.97. The summed E-state index contributed by atoms with van der Waals surface area (Å²) < 4.78 is 12.1. The van der Waals surface area contributed by atoms with Crippen molar-refractivity contribution < 1.29 is 13.9 Å². The van der Waals surface area contributed by atoms with Crippen LogP contribution < -0.4 is 15.1 Å². The Labute approximate surface area is 204 Å². The molecule has 1 aliphatic heterocycles. The molecule has 2 aromatic heterocycles. The van der Waals surface area contributed by atoms with Gasteiger partial charge >= 0.3 is 0 Å². The second kappa shape index (κ2) is 9.37. The van der Waals surface area contributed by atoms with Gasteiger partial charge in [-0.2, -0.15) is 0 Å². The molecule has 4 aromatic rings. The number of aromatic nitrogens is 1. The number of unbranched alkanes of at least 4 members (excludes halogenated alkanes) is 2. The number of nitrogens with zero attached hydrogens (tertiary/aromatic N) is 2. The number of rotatable bonds is 7. The van der Waals surface area contributed by atoms with E-state index in [4.69, 9.17) is 9.15 Å². The number of carbonyl (C=O) groups excluding carboxylic acids is 1. The van der Waals surface area contributed by atoms with Gasteiger partial charge in [0.25, 0.3) is 5.91 Å². The normalized spacial score (nSPS) is 15.0. The van der Waals surface area contributed by atoms with Gasteiger partial charge < -0.3 is 9.15 Å². The second-order valence-electron chi connectivity index (χ2n) is 9.00. The third-order valence-corrected chi connectivity index (χ3v) is 6.57. The summed E-state index contributed by atoms with van der Waals surface area (Å²) in [7, 11) is 0. The largest absolute Gasteiger partial charge is 0.494 e. The van der Waals surface area contributed by atoms with E-state index in [2.05, 4.69) is 11.9 Å². The molecule has 35 heavy (non-hydrogen) atoms. The highest BCUT2D eigenvalue weighted by Gasteiger charge is 2.44. The van der Waals surface area contributed by atoms with Crippen molar-refractivity contribution in [1.29, 1.82) is 0 Å². The fourth-order valence-corrected chi connectivity index (χ4v) is 4.59. The van der Waals surface area contributed by atoms with Gasteiger partial charge in [-0.25, -0.2) is 4.98 Å². The zero-order chi connectivity index (χ0) is 24.5. The van der Waals surface area contributed by atoms with Gasteiger partial charge in [0.15, 0.2) is 5.43 Å². The van der Waals surface area contributed by atoms with Crippen molar-refractivity contribution in [3.63, 3.8) is 0 Å². The molecule has 6 heteroatoms. The van der Waals surface area contributed by atoms with Crippen molar-refractivity contribution in [1.82, 2.24) is 4.98 Å². The summed E-state index contributed by atoms with van der Waals surface area (Å²) in [4.78, 5) is 33.5. The number of ether oxygens (including phenoxy) is 1. The highest BCUT2D eigenvalue weighted by atomic mass is 16.5.